The fraction of sp³-hybridized carbons (Fsp3) is 0.167. The van der Waals surface area contributed by atoms with Crippen LogP contribution in [0, 0.1) is 0 Å². The van der Waals surface area contributed by atoms with E-state index in [0.717, 1.165) is 28.1 Å². The molecule has 0 bridgehead atoms. The molecule has 0 aliphatic carbocycles. The number of fused-ring (bicyclic) bond motifs is 1. The van der Waals surface area contributed by atoms with Gasteiger partial charge in [0.2, 0.25) is 0 Å². The van der Waals surface area contributed by atoms with Crippen molar-refractivity contribution in [2.24, 2.45) is 4.99 Å². The van der Waals surface area contributed by atoms with Gasteiger partial charge in [0, 0.05) is 31.4 Å². The summed E-state index contributed by atoms with van der Waals surface area (Å²) in [6.45, 7) is 1.30. The van der Waals surface area contributed by atoms with Crippen molar-refractivity contribution >= 4 is 40.8 Å². The van der Waals surface area contributed by atoms with Gasteiger partial charge in [0.25, 0.3) is 0 Å². The maximum atomic E-state index is 4.47. The quantitative estimate of drug-likeness (QED) is 0.377. The highest BCUT2D eigenvalue weighted by Crippen LogP contribution is 2.15. The summed E-state index contributed by atoms with van der Waals surface area (Å²) in [5.41, 5.74) is 3.13. The second-order valence-corrected chi connectivity index (χ2v) is 5.09. The lowest BCUT2D eigenvalue weighted by Gasteiger charge is -2.12. The third-order valence-electron chi connectivity index (χ3n) is 3.55. The van der Waals surface area contributed by atoms with Crippen molar-refractivity contribution in [3.05, 3.63) is 72.2 Å². The Balaban J connectivity index is 0.00000208. The Morgan fingerprint density at radius 2 is 1.71 bits per heavy atom. The van der Waals surface area contributed by atoms with E-state index in [0.29, 0.717) is 13.1 Å². The first-order valence-electron chi connectivity index (χ1n) is 7.54. The zero-order valence-corrected chi connectivity index (χ0v) is 15.8. The molecule has 5 nitrogen and oxygen atoms in total. The Morgan fingerprint density at radius 3 is 2.50 bits per heavy atom. The van der Waals surface area contributed by atoms with Crippen molar-refractivity contribution in [2.75, 3.05) is 7.05 Å². The van der Waals surface area contributed by atoms with E-state index in [1.807, 2.05) is 36.5 Å². The van der Waals surface area contributed by atoms with Gasteiger partial charge in [-0.3, -0.25) is 15.0 Å². The van der Waals surface area contributed by atoms with Crippen molar-refractivity contribution < 1.29 is 0 Å². The lowest BCUT2D eigenvalue weighted by atomic mass is 10.1. The number of benzene rings is 1. The third kappa shape index (κ3) is 4.64. The maximum absolute atomic E-state index is 4.47. The number of para-hydroxylation sites is 1. The molecule has 0 aliphatic rings. The first-order chi connectivity index (χ1) is 11.4. The van der Waals surface area contributed by atoms with E-state index in [1.165, 1.54) is 0 Å². The van der Waals surface area contributed by atoms with Crippen LogP contribution in [0.2, 0.25) is 0 Å². The number of pyridine rings is 2. The van der Waals surface area contributed by atoms with Gasteiger partial charge in [0.1, 0.15) is 0 Å². The van der Waals surface area contributed by atoms with Crippen molar-refractivity contribution in [3.63, 3.8) is 0 Å². The number of aliphatic imine (C=N–C) groups is 1. The van der Waals surface area contributed by atoms with E-state index in [2.05, 4.69) is 43.8 Å². The standard InChI is InChI=1S/C18H19N5.HI/c1-19-18(23-13-16-9-2-3-10-20-16)22-12-15-7-4-6-14-8-5-11-21-17(14)15;/h2-11H,12-13H2,1H3,(H2,19,22,23);1H. The summed E-state index contributed by atoms with van der Waals surface area (Å²) in [6.07, 6.45) is 3.61. The van der Waals surface area contributed by atoms with Gasteiger partial charge in [-0.05, 0) is 23.8 Å². The Kier molecular flexibility index (Phi) is 6.92. The van der Waals surface area contributed by atoms with E-state index in [9.17, 15) is 0 Å². The summed E-state index contributed by atoms with van der Waals surface area (Å²) < 4.78 is 0. The predicted molar refractivity (Wildman–Crippen MR) is 108 cm³/mol. The van der Waals surface area contributed by atoms with Crippen LogP contribution in [0.25, 0.3) is 10.9 Å². The van der Waals surface area contributed by atoms with Gasteiger partial charge in [-0.2, -0.15) is 0 Å². The number of halogens is 1. The van der Waals surface area contributed by atoms with Crippen LogP contribution in [-0.2, 0) is 13.1 Å². The third-order valence-corrected chi connectivity index (χ3v) is 3.55. The topological polar surface area (TPSA) is 62.2 Å². The Morgan fingerprint density at radius 1 is 0.917 bits per heavy atom. The van der Waals surface area contributed by atoms with Gasteiger partial charge in [0.15, 0.2) is 5.96 Å². The van der Waals surface area contributed by atoms with Gasteiger partial charge in [0.05, 0.1) is 17.8 Å². The minimum absolute atomic E-state index is 0. The molecule has 0 saturated carbocycles. The first-order valence-corrected chi connectivity index (χ1v) is 7.54. The first kappa shape index (κ1) is 18.1. The highest BCUT2D eigenvalue weighted by Gasteiger charge is 2.03. The molecule has 2 N–H and O–H groups in total. The summed E-state index contributed by atoms with van der Waals surface area (Å²) in [7, 11) is 1.76. The van der Waals surface area contributed by atoms with Crippen LogP contribution in [0.5, 0.6) is 0 Å². The number of aromatic nitrogens is 2. The molecule has 0 unspecified atom stereocenters. The number of nitrogens with one attached hydrogen (secondary N) is 2. The molecule has 0 radical (unpaired) electrons. The van der Waals surface area contributed by atoms with E-state index in [1.54, 1.807) is 13.2 Å². The number of hydrogen-bond donors (Lipinski definition) is 2. The molecule has 0 aliphatic heterocycles. The van der Waals surface area contributed by atoms with E-state index >= 15 is 0 Å². The molecule has 0 fully saturated rings. The molecule has 1 aromatic carbocycles. The molecule has 0 spiro atoms. The van der Waals surface area contributed by atoms with Crippen LogP contribution in [-0.4, -0.2) is 23.0 Å². The Hall–Kier alpha value is -2.22. The number of guanidine groups is 1. The SMILES string of the molecule is CN=C(NCc1ccccn1)NCc1cccc2cccnc12.I. The van der Waals surface area contributed by atoms with E-state index in [4.69, 9.17) is 0 Å². The van der Waals surface area contributed by atoms with Gasteiger partial charge in [-0.15, -0.1) is 24.0 Å². The van der Waals surface area contributed by atoms with Gasteiger partial charge in [-0.1, -0.05) is 30.3 Å². The second kappa shape index (κ2) is 9.17. The summed E-state index contributed by atoms with van der Waals surface area (Å²) in [6, 6.07) is 16.1. The maximum Gasteiger partial charge on any atom is 0.191 e. The van der Waals surface area contributed by atoms with Crippen LogP contribution in [0.3, 0.4) is 0 Å². The van der Waals surface area contributed by atoms with Crippen molar-refractivity contribution in [1.82, 2.24) is 20.6 Å². The zero-order chi connectivity index (χ0) is 15.9. The Bertz CT molecular complexity index is 799. The summed E-state index contributed by atoms with van der Waals surface area (Å²) in [5, 5.41) is 7.72. The lowest BCUT2D eigenvalue weighted by Crippen LogP contribution is -2.36. The predicted octanol–water partition coefficient (Wildman–Crippen LogP) is 3.11. The van der Waals surface area contributed by atoms with Crippen molar-refractivity contribution in [1.29, 1.82) is 0 Å². The molecule has 3 rings (SSSR count). The smallest absolute Gasteiger partial charge is 0.191 e. The molecule has 0 atom stereocenters. The minimum Gasteiger partial charge on any atom is -0.352 e. The fourth-order valence-corrected chi connectivity index (χ4v) is 2.39. The monoisotopic (exact) mass is 433 g/mol. The molecule has 2 aromatic heterocycles. The summed E-state index contributed by atoms with van der Waals surface area (Å²) >= 11 is 0. The Labute approximate surface area is 158 Å². The van der Waals surface area contributed by atoms with Crippen LogP contribution >= 0.6 is 24.0 Å². The number of rotatable bonds is 4. The van der Waals surface area contributed by atoms with E-state index in [-0.39, 0.29) is 24.0 Å². The lowest BCUT2D eigenvalue weighted by molar-refractivity contribution is 0.796. The largest absolute Gasteiger partial charge is 0.352 e. The normalized spacial score (nSPS) is 11.0. The molecule has 0 saturated heterocycles. The van der Waals surface area contributed by atoms with Crippen molar-refractivity contribution in [2.45, 2.75) is 13.1 Å². The molecule has 124 valence electrons. The highest BCUT2D eigenvalue weighted by atomic mass is 127. The summed E-state index contributed by atoms with van der Waals surface area (Å²) in [5.74, 6) is 0.739. The van der Waals surface area contributed by atoms with Crippen LogP contribution in [0.15, 0.2) is 65.9 Å². The molecular formula is C18H20IN5. The fourth-order valence-electron chi connectivity index (χ4n) is 2.39. The van der Waals surface area contributed by atoms with Gasteiger partial charge < -0.3 is 10.6 Å². The zero-order valence-electron chi connectivity index (χ0n) is 13.4. The average molecular weight is 433 g/mol. The van der Waals surface area contributed by atoms with Crippen LogP contribution in [0.4, 0.5) is 0 Å². The summed E-state index contributed by atoms with van der Waals surface area (Å²) in [4.78, 5) is 13.0. The minimum atomic E-state index is 0. The van der Waals surface area contributed by atoms with Gasteiger partial charge in [-0.25, -0.2) is 0 Å². The molecule has 6 heteroatoms. The molecule has 3 aromatic rings. The number of hydrogen-bond acceptors (Lipinski definition) is 3. The van der Waals surface area contributed by atoms with E-state index < -0.39 is 0 Å². The average Bonchev–Trinajstić information content (AvgIpc) is 2.63. The van der Waals surface area contributed by atoms with Crippen molar-refractivity contribution in [3.8, 4) is 0 Å². The molecule has 24 heavy (non-hydrogen) atoms. The number of nitrogens with zero attached hydrogens (tertiary/aromatic N) is 3. The van der Waals surface area contributed by atoms with Crippen LogP contribution < -0.4 is 10.6 Å². The molecular weight excluding hydrogens is 413 g/mol. The van der Waals surface area contributed by atoms with Crippen LogP contribution in [0.1, 0.15) is 11.3 Å². The molecule has 0 amide bonds. The molecule has 2 heterocycles. The van der Waals surface area contributed by atoms with Gasteiger partial charge >= 0.3 is 0 Å². The second-order valence-electron chi connectivity index (χ2n) is 5.09. The highest BCUT2D eigenvalue weighted by molar-refractivity contribution is 14.0.